The number of thioether (sulfide) groups is 1. The third-order valence-corrected chi connectivity index (χ3v) is 3.79. The van der Waals surface area contributed by atoms with Gasteiger partial charge in [-0.1, -0.05) is 17.8 Å². The summed E-state index contributed by atoms with van der Waals surface area (Å²) in [5, 5.41) is 0.239. The highest BCUT2D eigenvalue weighted by Crippen LogP contribution is 2.09. The maximum Gasteiger partial charge on any atom is 0.346 e. The fourth-order valence-electron chi connectivity index (χ4n) is 1.98. The lowest BCUT2D eigenvalue weighted by Crippen LogP contribution is -2.32. The fraction of sp³-hybridized carbons (Fsp3) is 0.500. The average Bonchev–Trinajstić information content (AvgIpc) is 2.53. The number of Topliss-reactive ketones (excluding diaryl/α,β-unsaturated/α-hetero) is 1. The molecule has 0 fully saturated rings. The van der Waals surface area contributed by atoms with Crippen LogP contribution in [0, 0.1) is 0 Å². The van der Waals surface area contributed by atoms with Gasteiger partial charge in [0.1, 0.15) is 5.69 Å². The number of amidine groups is 1. The number of nitrogens with two attached hydrogens (primary N) is 1. The molecule has 0 saturated heterocycles. The summed E-state index contributed by atoms with van der Waals surface area (Å²) in [6.45, 7) is 3.28. The van der Waals surface area contributed by atoms with E-state index in [0.29, 0.717) is 18.8 Å². The highest BCUT2D eigenvalue weighted by molar-refractivity contribution is 8.13. The van der Waals surface area contributed by atoms with E-state index in [0.717, 1.165) is 18.5 Å². The highest BCUT2D eigenvalue weighted by atomic mass is 32.2. The number of pyridine rings is 1. The van der Waals surface area contributed by atoms with Crippen molar-refractivity contribution < 1.29 is 9.59 Å². The minimum Gasteiger partial charge on any atom is -0.378 e. The van der Waals surface area contributed by atoms with Crippen molar-refractivity contribution in [2.75, 3.05) is 33.4 Å². The van der Waals surface area contributed by atoms with Crippen LogP contribution in [-0.2, 0) is 6.54 Å². The van der Waals surface area contributed by atoms with E-state index in [9.17, 15) is 9.59 Å². The largest absolute Gasteiger partial charge is 0.378 e. The molecule has 7 nitrogen and oxygen atoms in total. The summed E-state index contributed by atoms with van der Waals surface area (Å²) in [5.41, 5.74) is 6.90. The minimum atomic E-state index is -0.365. The Bertz CT molecular complexity index is 587. The standard InChI is InChI=1S/C16H25N5O2S/c1-12(22)14-7-6-13(10-18-14)11-21(9-5-8-20(2)3)16(23)19-15(17)24-4/h6-7,10H,5,8-9,11H2,1-4H3,(H2,17,19,23). The number of carbonyl (C=O) groups excluding carboxylic acids is 2. The van der Waals surface area contributed by atoms with Crippen molar-refractivity contribution in [2.45, 2.75) is 19.9 Å². The zero-order valence-corrected chi connectivity index (χ0v) is 15.5. The second-order valence-electron chi connectivity index (χ2n) is 5.62. The third kappa shape index (κ3) is 7.10. The summed E-state index contributed by atoms with van der Waals surface area (Å²) < 4.78 is 0. The van der Waals surface area contributed by atoms with Gasteiger partial charge in [0.25, 0.3) is 0 Å². The van der Waals surface area contributed by atoms with E-state index in [1.165, 1.54) is 18.7 Å². The Morgan fingerprint density at radius 2 is 2.00 bits per heavy atom. The smallest absolute Gasteiger partial charge is 0.346 e. The van der Waals surface area contributed by atoms with Crippen LogP contribution in [0.1, 0.15) is 29.4 Å². The molecule has 0 aromatic carbocycles. The van der Waals surface area contributed by atoms with Crippen LogP contribution in [0.4, 0.5) is 4.79 Å². The van der Waals surface area contributed by atoms with E-state index in [1.807, 2.05) is 14.1 Å². The van der Waals surface area contributed by atoms with Crippen LogP contribution in [0.3, 0.4) is 0 Å². The van der Waals surface area contributed by atoms with Crippen molar-refractivity contribution in [2.24, 2.45) is 10.7 Å². The quantitative estimate of drug-likeness (QED) is 0.458. The lowest BCUT2D eigenvalue weighted by Gasteiger charge is -2.21. The Morgan fingerprint density at radius 3 is 2.50 bits per heavy atom. The first-order valence-electron chi connectivity index (χ1n) is 7.61. The average molecular weight is 351 g/mol. The number of ketones is 1. The second kappa shape index (κ2) is 10.0. The van der Waals surface area contributed by atoms with Gasteiger partial charge in [-0.05, 0) is 44.9 Å². The first-order chi connectivity index (χ1) is 11.3. The number of nitrogens with zero attached hydrogens (tertiary/aromatic N) is 4. The number of urea groups is 1. The molecule has 2 amide bonds. The Morgan fingerprint density at radius 1 is 1.29 bits per heavy atom. The predicted molar refractivity (Wildman–Crippen MR) is 98.4 cm³/mol. The zero-order chi connectivity index (χ0) is 18.1. The van der Waals surface area contributed by atoms with Gasteiger partial charge in [0.2, 0.25) is 0 Å². The van der Waals surface area contributed by atoms with Gasteiger partial charge in [0.05, 0.1) is 0 Å². The first-order valence-corrected chi connectivity index (χ1v) is 8.83. The highest BCUT2D eigenvalue weighted by Gasteiger charge is 2.14. The van der Waals surface area contributed by atoms with E-state index < -0.39 is 0 Å². The number of amides is 2. The number of aromatic nitrogens is 1. The van der Waals surface area contributed by atoms with Crippen LogP contribution in [0.15, 0.2) is 23.3 Å². The molecule has 0 spiro atoms. The fourth-order valence-corrected chi connectivity index (χ4v) is 2.15. The molecular formula is C16H25N5O2S. The number of hydrogen-bond acceptors (Lipinski definition) is 5. The van der Waals surface area contributed by atoms with Gasteiger partial charge in [-0.25, -0.2) is 4.79 Å². The monoisotopic (exact) mass is 351 g/mol. The van der Waals surface area contributed by atoms with Crippen LogP contribution in [0.2, 0.25) is 0 Å². The molecule has 132 valence electrons. The van der Waals surface area contributed by atoms with E-state index in [2.05, 4.69) is 14.9 Å². The lowest BCUT2D eigenvalue weighted by molar-refractivity contribution is 0.101. The van der Waals surface area contributed by atoms with Crippen molar-refractivity contribution >= 4 is 28.7 Å². The van der Waals surface area contributed by atoms with Crippen LogP contribution in [-0.4, -0.2) is 65.2 Å². The molecule has 2 N–H and O–H groups in total. The van der Waals surface area contributed by atoms with Crippen LogP contribution < -0.4 is 5.73 Å². The summed E-state index contributed by atoms with van der Waals surface area (Å²) in [6, 6.07) is 3.10. The molecule has 24 heavy (non-hydrogen) atoms. The van der Waals surface area contributed by atoms with Gasteiger partial charge in [-0.15, -0.1) is 0 Å². The molecule has 0 radical (unpaired) electrons. The SMILES string of the molecule is CS/C(N)=N\C(=O)N(CCCN(C)C)Cc1ccc(C(C)=O)nc1. The number of rotatable bonds is 7. The number of aliphatic imine (C=N–C) groups is 1. The molecule has 1 aromatic heterocycles. The Hall–Kier alpha value is -1.93. The van der Waals surface area contributed by atoms with Gasteiger partial charge in [0.15, 0.2) is 11.0 Å². The molecule has 0 aliphatic heterocycles. The predicted octanol–water partition coefficient (Wildman–Crippen LogP) is 1.84. The Balaban J connectivity index is 2.83. The molecular weight excluding hydrogens is 326 g/mol. The summed E-state index contributed by atoms with van der Waals surface area (Å²) in [5.74, 6) is -0.0854. The molecule has 1 aromatic rings. The summed E-state index contributed by atoms with van der Waals surface area (Å²) in [4.78, 5) is 35.3. The van der Waals surface area contributed by atoms with E-state index in [-0.39, 0.29) is 17.0 Å². The third-order valence-electron chi connectivity index (χ3n) is 3.28. The van der Waals surface area contributed by atoms with Gasteiger partial charge in [-0.3, -0.25) is 9.78 Å². The van der Waals surface area contributed by atoms with Gasteiger partial charge < -0.3 is 15.5 Å². The van der Waals surface area contributed by atoms with E-state index in [1.54, 1.807) is 29.5 Å². The molecule has 8 heteroatoms. The van der Waals surface area contributed by atoms with Gasteiger partial charge in [0, 0.05) is 26.2 Å². The van der Waals surface area contributed by atoms with Crippen molar-refractivity contribution in [3.8, 4) is 0 Å². The molecule has 0 saturated carbocycles. The van der Waals surface area contributed by atoms with Gasteiger partial charge in [-0.2, -0.15) is 4.99 Å². The van der Waals surface area contributed by atoms with Crippen molar-refractivity contribution in [3.05, 3.63) is 29.6 Å². The molecule has 1 rings (SSSR count). The summed E-state index contributed by atoms with van der Waals surface area (Å²) in [6.07, 6.45) is 4.21. The topological polar surface area (TPSA) is 91.9 Å². The lowest BCUT2D eigenvalue weighted by atomic mass is 10.2. The molecule has 0 atom stereocenters. The molecule has 0 aliphatic rings. The van der Waals surface area contributed by atoms with Crippen molar-refractivity contribution in [1.82, 2.24) is 14.8 Å². The number of carbonyl (C=O) groups is 2. The van der Waals surface area contributed by atoms with Gasteiger partial charge >= 0.3 is 6.03 Å². The molecule has 1 heterocycles. The second-order valence-corrected chi connectivity index (χ2v) is 6.45. The number of hydrogen-bond donors (Lipinski definition) is 1. The van der Waals surface area contributed by atoms with E-state index in [4.69, 9.17) is 5.73 Å². The Labute approximate surface area is 147 Å². The molecule has 0 unspecified atom stereocenters. The summed E-state index contributed by atoms with van der Waals surface area (Å²) in [7, 11) is 3.97. The van der Waals surface area contributed by atoms with Crippen LogP contribution >= 0.6 is 11.8 Å². The molecule has 0 bridgehead atoms. The van der Waals surface area contributed by atoms with E-state index >= 15 is 0 Å². The van der Waals surface area contributed by atoms with Crippen LogP contribution in [0.5, 0.6) is 0 Å². The maximum atomic E-state index is 12.3. The van der Waals surface area contributed by atoms with Crippen molar-refractivity contribution in [3.63, 3.8) is 0 Å². The van der Waals surface area contributed by atoms with Crippen molar-refractivity contribution in [1.29, 1.82) is 0 Å². The first kappa shape index (κ1) is 20.1. The summed E-state index contributed by atoms with van der Waals surface area (Å²) >= 11 is 1.23. The normalized spacial score (nSPS) is 11.6. The molecule has 0 aliphatic carbocycles. The Kier molecular flexibility index (Phi) is 8.42. The maximum absolute atomic E-state index is 12.3. The zero-order valence-electron chi connectivity index (χ0n) is 14.7. The van der Waals surface area contributed by atoms with Crippen LogP contribution in [0.25, 0.3) is 0 Å². The minimum absolute atomic E-state index is 0.0854.